The number of carboxylic acids is 1. The highest BCUT2D eigenvalue weighted by Gasteiger charge is 2.76. The predicted octanol–water partition coefficient (Wildman–Crippen LogP) is 2.75. The maximum atomic E-state index is 14.4. The summed E-state index contributed by atoms with van der Waals surface area (Å²) in [6.07, 6.45) is 2.17. The molecular weight excluding hydrogens is 508 g/mol. The molecule has 1 aromatic carbocycles. The fourth-order valence-electron chi connectivity index (χ4n) is 5.99. The average molecular weight is 537 g/mol. The van der Waals surface area contributed by atoms with Gasteiger partial charge in [-0.25, -0.2) is 0 Å². The molecule has 178 valence electrons. The molecule has 33 heavy (non-hydrogen) atoms. The number of aryl methyl sites for hydroxylation is 2. The van der Waals surface area contributed by atoms with Crippen molar-refractivity contribution in [2.75, 3.05) is 18.1 Å². The molecule has 7 nitrogen and oxygen atoms in total. The number of aliphatic hydroxyl groups is 1. The van der Waals surface area contributed by atoms with Crippen LogP contribution in [0.5, 0.6) is 0 Å². The smallest absolute Gasteiger partial charge is 0.308 e. The van der Waals surface area contributed by atoms with E-state index in [0.717, 1.165) is 16.8 Å². The van der Waals surface area contributed by atoms with Crippen LogP contribution in [0.2, 0.25) is 0 Å². The number of amides is 2. The Bertz CT molecular complexity index is 998. The Labute approximate surface area is 206 Å². The van der Waals surface area contributed by atoms with Crippen LogP contribution >= 0.6 is 27.7 Å². The maximum absolute atomic E-state index is 14.4. The van der Waals surface area contributed by atoms with Gasteiger partial charge >= 0.3 is 5.97 Å². The summed E-state index contributed by atoms with van der Waals surface area (Å²) in [7, 11) is 0. The number of fused-ring (bicyclic) bond motifs is 1. The zero-order chi connectivity index (χ0) is 24.2. The van der Waals surface area contributed by atoms with E-state index in [-0.39, 0.29) is 35.0 Å². The highest BCUT2D eigenvalue weighted by Crippen LogP contribution is 2.68. The van der Waals surface area contributed by atoms with E-state index in [1.807, 2.05) is 32.0 Å². The summed E-state index contributed by atoms with van der Waals surface area (Å²) in [6, 6.07) is 4.31. The van der Waals surface area contributed by atoms with E-state index in [9.17, 15) is 24.6 Å². The number of aliphatic hydroxyl groups excluding tert-OH is 1. The molecule has 3 aliphatic heterocycles. The molecule has 0 radical (unpaired) electrons. The van der Waals surface area contributed by atoms with Crippen LogP contribution in [0.3, 0.4) is 0 Å². The molecule has 3 aliphatic rings. The van der Waals surface area contributed by atoms with E-state index in [2.05, 4.69) is 22.5 Å². The standard InChI is InChI=1S/C24H29BrN2O5S/c1-5-9-26(18-12(2)7-6-8-13(18)3)22(30)20-24-10-15(25)19(33-24)16(23(31)32)17(24)21(29)27(20)14(4)11-28/h5-8,14-17,19-20,28H,1,9-11H2,2-4H3,(H,31,32)/t14-,15?,16+,17+,19+,20?,24?/m1/s1. The second kappa shape index (κ2) is 8.74. The Hall–Kier alpha value is -1.84. The molecule has 3 fully saturated rings. The van der Waals surface area contributed by atoms with Gasteiger partial charge in [0.25, 0.3) is 5.91 Å². The van der Waals surface area contributed by atoms with Gasteiger partial charge in [0.1, 0.15) is 6.04 Å². The molecule has 0 aromatic heterocycles. The van der Waals surface area contributed by atoms with Crippen molar-refractivity contribution in [2.45, 2.75) is 54.1 Å². The quantitative estimate of drug-likeness (QED) is 0.410. The second-order valence-electron chi connectivity index (χ2n) is 9.26. The van der Waals surface area contributed by atoms with Gasteiger partial charge in [-0.15, -0.1) is 18.3 Å². The van der Waals surface area contributed by atoms with Gasteiger partial charge in [-0.05, 0) is 38.3 Å². The van der Waals surface area contributed by atoms with Gasteiger partial charge in [-0.3, -0.25) is 14.4 Å². The lowest BCUT2D eigenvalue weighted by Gasteiger charge is -2.39. The second-order valence-corrected chi connectivity index (χ2v) is 12.0. The summed E-state index contributed by atoms with van der Waals surface area (Å²) in [6.45, 7) is 9.35. The Morgan fingerprint density at radius 1 is 1.39 bits per heavy atom. The molecule has 4 rings (SSSR count). The molecule has 2 amide bonds. The zero-order valence-corrected chi connectivity index (χ0v) is 21.3. The van der Waals surface area contributed by atoms with Crippen LogP contribution in [0, 0.1) is 25.7 Å². The number of aliphatic carboxylic acids is 1. The number of hydrogen-bond donors (Lipinski definition) is 2. The molecule has 9 heteroatoms. The number of rotatable bonds is 7. The van der Waals surface area contributed by atoms with E-state index in [1.54, 1.807) is 17.9 Å². The summed E-state index contributed by atoms with van der Waals surface area (Å²) in [5.74, 6) is -3.30. The van der Waals surface area contributed by atoms with Gasteiger partial charge in [-0.2, -0.15) is 0 Å². The van der Waals surface area contributed by atoms with Gasteiger partial charge in [-0.1, -0.05) is 40.2 Å². The number of benzene rings is 1. The number of hydrogen-bond acceptors (Lipinski definition) is 5. The monoisotopic (exact) mass is 536 g/mol. The zero-order valence-electron chi connectivity index (χ0n) is 18.9. The van der Waals surface area contributed by atoms with Gasteiger partial charge in [0.2, 0.25) is 5.91 Å². The first-order chi connectivity index (χ1) is 15.6. The van der Waals surface area contributed by atoms with Crippen LogP contribution in [0.4, 0.5) is 5.69 Å². The Morgan fingerprint density at radius 3 is 2.58 bits per heavy atom. The number of likely N-dealkylation sites (tertiary alicyclic amines) is 1. The van der Waals surface area contributed by atoms with E-state index in [1.165, 1.54) is 16.7 Å². The fourth-order valence-corrected chi connectivity index (χ4v) is 9.58. The van der Waals surface area contributed by atoms with Gasteiger partial charge in [0.15, 0.2) is 0 Å². The molecule has 3 heterocycles. The first-order valence-electron chi connectivity index (χ1n) is 11.1. The van der Waals surface area contributed by atoms with Crippen molar-refractivity contribution >= 4 is 51.2 Å². The molecule has 0 saturated carbocycles. The van der Waals surface area contributed by atoms with Crippen molar-refractivity contribution in [3.8, 4) is 0 Å². The highest BCUT2D eigenvalue weighted by molar-refractivity contribution is 9.09. The van der Waals surface area contributed by atoms with Crippen molar-refractivity contribution in [1.29, 1.82) is 0 Å². The molecule has 2 N–H and O–H groups in total. The van der Waals surface area contributed by atoms with Crippen LogP contribution in [0.15, 0.2) is 30.9 Å². The topological polar surface area (TPSA) is 98.2 Å². The first-order valence-corrected chi connectivity index (χ1v) is 12.9. The molecule has 1 spiro atoms. The Kier molecular flexibility index (Phi) is 6.44. The number of thioether (sulfide) groups is 1. The Balaban J connectivity index is 1.87. The van der Waals surface area contributed by atoms with E-state index in [0.29, 0.717) is 6.42 Å². The first kappa shape index (κ1) is 24.3. The van der Waals surface area contributed by atoms with Crippen LogP contribution in [-0.2, 0) is 14.4 Å². The fraction of sp³-hybridized carbons (Fsp3) is 0.542. The number of carbonyl (C=O) groups excluding carboxylic acids is 2. The van der Waals surface area contributed by atoms with Gasteiger partial charge in [0, 0.05) is 22.3 Å². The van der Waals surface area contributed by atoms with Gasteiger partial charge < -0.3 is 20.0 Å². The number of alkyl halides is 1. The number of halogens is 1. The van der Waals surface area contributed by atoms with E-state index in [4.69, 9.17) is 0 Å². The van der Waals surface area contributed by atoms with Crippen LogP contribution in [-0.4, -0.2) is 73.0 Å². The molecule has 3 unspecified atom stereocenters. The minimum absolute atomic E-state index is 0.111. The lowest BCUT2D eigenvalue weighted by Crippen LogP contribution is -2.57. The van der Waals surface area contributed by atoms with Crippen LogP contribution in [0.25, 0.3) is 0 Å². The lowest BCUT2D eigenvalue weighted by atomic mass is 9.71. The van der Waals surface area contributed by atoms with Crippen molar-refractivity contribution in [3.63, 3.8) is 0 Å². The molecular formula is C24H29BrN2O5S. The largest absolute Gasteiger partial charge is 0.481 e. The minimum atomic E-state index is -1.01. The molecule has 7 atom stereocenters. The van der Waals surface area contributed by atoms with E-state index >= 15 is 0 Å². The minimum Gasteiger partial charge on any atom is -0.481 e. The molecule has 0 aliphatic carbocycles. The van der Waals surface area contributed by atoms with Crippen LogP contribution in [0.1, 0.15) is 24.5 Å². The lowest BCUT2D eigenvalue weighted by molar-refractivity contribution is -0.149. The number of nitrogens with zero attached hydrogens (tertiary/aromatic N) is 2. The predicted molar refractivity (Wildman–Crippen MR) is 132 cm³/mol. The summed E-state index contributed by atoms with van der Waals surface area (Å²) in [4.78, 5) is 43.3. The maximum Gasteiger partial charge on any atom is 0.308 e. The van der Waals surface area contributed by atoms with Gasteiger partial charge in [0.05, 0.1) is 29.2 Å². The highest BCUT2D eigenvalue weighted by atomic mass is 79.9. The number of carbonyl (C=O) groups is 3. The third-order valence-electron chi connectivity index (χ3n) is 7.27. The number of para-hydroxylation sites is 1. The van der Waals surface area contributed by atoms with Crippen LogP contribution < -0.4 is 4.90 Å². The van der Waals surface area contributed by atoms with E-state index < -0.39 is 34.6 Å². The number of anilines is 1. The van der Waals surface area contributed by atoms with Crippen molar-refractivity contribution in [3.05, 3.63) is 42.0 Å². The molecule has 1 aromatic rings. The average Bonchev–Trinajstić information content (AvgIpc) is 3.35. The third-order valence-corrected chi connectivity index (χ3v) is 10.5. The summed E-state index contributed by atoms with van der Waals surface area (Å²) in [5.41, 5.74) is 2.62. The SMILES string of the molecule is C=CCN(C(=O)C1N([C@H](C)CO)C(=O)[C@@H]2[C@H](C(=O)O)[C@H]3SC12CC3Br)c1c(C)cccc1C. The summed E-state index contributed by atoms with van der Waals surface area (Å²) >= 11 is 5.10. The summed E-state index contributed by atoms with van der Waals surface area (Å²) in [5, 5.41) is 19.7. The number of carboxylic acid groups (broad SMARTS) is 1. The van der Waals surface area contributed by atoms with Crippen molar-refractivity contribution in [2.24, 2.45) is 11.8 Å². The van der Waals surface area contributed by atoms with Crippen molar-refractivity contribution in [1.82, 2.24) is 4.90 Å². The summed E-state index contributed by atoms with van der Waals surface area (Å²) < 4.78 is -0.866. The normalized spacial score (nSPS) is 33.2. The van der Waals surface area contributed by atoms with Crippen molar-refractivity contribution < 1.29 is 24.6 Å². The molecule has 3 saturated heterocycles. The molecule has 2 bridgehead atoms. The third kappa shape index (κ3) is 3.46. The Morgan fingerprint density at radius 2 is 2.03 bits per heavy atom.